The van der Waals surface area contributed by atoms with Gasteiger partial charge < -0.3 is 10.1 Å². The van der Waals surface area contributed by atoms with Gasteiger partial charge in [-0.3, -0.25) is 14.4 Å². The fraction of sp³-hybridized carbons (Fsp3) is 0.308. The summed E-state index contributed by atoms with van der Waals surface area (Å²) in [5.41, 5.74) is 2.84. The Hall–Kier alpha value is -3.10. The van der Waals surface area contributed by atoms with Crippen molar-refractivity contribution in [2.75, 3.05) is 7.11 Å². The maximum atomic E-state index is 12.7. The molecule has 1 aliphatic carbocycles. The van der Waals surface area contributed by atoms with E-state index in [1.165, 1.54) is 36.7 Å². The summed E-state index contributed by atoms with van der Waals surface area (Å²) in [5, 5.41) is 2.84. The molecule has 1 atom stereocenters. The predicted octanol–water partition coefficient (Wildman–Crippen LogP) is 5.09. The number of benzene rings is 1. The number of aryl methyl sites for hydroxylation is 1. The average molecular weight is 496 g/mol. The molecule has 0 saturated carbocycles. The number of hydrogen-bond acceptors (Lipinski definition) is 7. The van der Waals surface area contributed by atoms with Gasteiger partial charge in [0.15, 0.2) is 11.6 Å². The molecule has 0 fully saturated rings. The number of fused-ring (bicyclic) bond motifs is 1. The van der Waals surface area contributed by atoms with E-state index in [2.05, 4.69) is 11.4 Å². The quantitative estimate of drug-likeness (QED) is 0.380. The van der Waals surface area contributed by atoms with Gasteiger partial charge >= 0.3 is 5.97 Å². The number of esters is 1. The summed E-state index contributed by atoms with van der Waals surface area (Å²) in [7, 11) is 1.33. The van der Waals surface area contributed by atoms with Gasteiger partial charge in [-0.25, -0.2) is 4.79 Å². The molecule has 1 amide bonds. The van der Waals surface area contributed by atoms with E-state index in [-0.39, 0.29) is 17.5 Å². The third-order valence-electron chi connectivity index (χ3n) is 6.08. The largest absolute Gasteiger partial charge is 0.467 e. The van der Waals surface area contributed by atoms with Crippen LogP contribution >= 0.6 is 22.7 Å². The first kappa shape index (κ1) is 24.0. The Kier molecular flexibility index (Phi) is 6.55. The number of thiophene rings is 2. The minimum absolute atomic E-state index is 0.00103. The van der Waals surface area contributed by atoms with E-state index < -0.39 is 11.5 Å². The minimum atomic E-state index is -1.11. The molecule has 4 rings (SSSR count). The highest BCUT2D eigenvalue weighted by Crippen LogP contribution is 2.43. The maximum Gasteiger partial charge on any atom is 0.331 e. The summed E-state index contributed by atoms with van der Waals surface area (Å²) in [6, 6.07) is 11.7. The topological polar surface area (TPSA) is 89.5 Å². The van der Waals surface area contributed by atoms with Gasteiger partial charge in [0.05, 0.1) is 16.9 Å². The van der Waals surface area contributed by atoms with Crippen LogP contribution in [0.3, 0.4) is 0 Å². The van der Waals surface area contributed by atoms with Crippen LogP contribution in [-0.4, -0.2) is 36.1 Å². The molecular weight excluding hydrogens is 470 g/mol. The average Bonchev–Trinajstić information content (AvgIpc) is 3.47. The number of amides is 1. The molecule has 1 aliphatic rings. The summed E-state index contributed by atoms with van der Waals surface area (Å²) in [6.45, 7) is 4.49. The Labute approximate surface area is 206 Å². The number of carbonyl (C=O) groups is 4. The molecule has 0 radical (unpaired) electrons. The number of methoxy groups -OCH3 is 1. The zero-order valence-electron chi connectivity index (χ0n) is 19.4. The minimum Gasteiger partial charge on any atom is -0.467 e. The molecule has 34 heavy (non-hydrogen) atoms. The summed E-state index contributed by atoms with van der Waals surface area (Å²) >= 11 is 2.86. The molecule has 3 aromatic rings. The first-order valence-electron chi connectivity index (χ1n) is 10.9. The highest BCUT2D eigenvalue weighted by atomic mass is 32.1. The fourth-order valence-corrected chi connectivity index (χ4v) is 6.33. The Morgan fingerprint density at radius 1 is 0.853 bits per heavy atom. The van der Waals surface area contributed by atoms with Crippen LogP contribution in [0.15, 0.2) is 36.4 Å². The van der Waals surface area contributed by atoms with Gasteiger partial charge in [0, 0.05) is 34.2 Å². The summed E-state index contributed by atoms with van der Waals surface area (Å²) < 4.78 is 5.05. The van der Waals surface area contributed by atoms with E-state index >= 15 is 0 Å². The van der Waals surface area contributed by atoms with Gasteiger partial charge in [0.25, 0.3) is 0 Å². The van der Waals surface area contributed by atoms with Crippen LogP contribution in [-0.2, 0) is 27.2 Å². The van der Waals surface area contributed by atoms with E-state index in [1.54, 1.807) is 13.8 Å². The van der Waals surface area contributed by atoms with Crippen LogP contribution in [0.5, 0.6) is 0 Å². The maximum absolute atomic E-state index is 12.7. The van der Waals surface area contributed by atoms with Crippen molar-refractivity contribution in [2.45, 2.75) is 45.6 Å². The van der Waals surface area contributed by atoms with Gasteiger partial charge in [0.2, 0.25) is 5.91 Å². The van der Waals surface area contributed by atoms with Crippen LogP contribution in [0.1, 0.15) is 57.7 Å². The molecule has 2 aromatic heterocycles. The third-order valence-corrected chi connectivity index (χ3v) is 8.52. The van der Waals surface area contributed by atoms with E-state index in [9.17, 15) is 19.2 Å². The van der Waals surface area contributed by atoms with Crippen LogP contribution in [0.2, 0.25) is 0 Å². The first-order chi connectivity index (χ1) is 16.1. The Morgan fingerprint density at radius 3 is 1.82 bits per heavy atom. The van der Waals surface area contributed by atoms with Crippen LogP contribution in [0.25, 0.3) is 20.9 Å². The molecule has 0 bridgehead atoms. The van der Waals surface area contributed by atoms with Crippen molar-refractivity contribution in [1.29, 1.82) is 0 Å². The van der Waals surface area contributed by atoms with Gasteiger partial charge in [-0.1, -0.05) is 0 Å². The molecule has 1 aromatic carbocycles. The van der Waals surface area contributed by atoms with Crippen LogP contribution in [0.4, 0.5) is 0 Å². The van der Waals surface area contributed by atoms with Gasteiger partial charge in [-0.15, -0.1) is 22.7 Å². The first-order valence-corrected chi connectivity index (χ1v) is 12.5. The molecule has 0 saturated heterocycles. The highest BCUT2D eigenvalue weighted by molar-refractivity contribution is 7.18. The smallest absolute Gasteiger partial charge is 0.331 e. The monoisotopic (exact) mass is 495 g/mol. The van der Waals surface area contributed by atoms with Crippen molar-refractivity contribution in [3.63, 3.8) is 0 Å². The van der Waals surface area contributed by atoms with Crippen molar-refractivity contribution in [3.8, 4) is 20.9 Å². The van der Waals surface area contributed by atoms with E-state index in [1.807, 2.05) is 30.3 Å². The summed E-state index contributed by atoms with van der Waals surface area (Å²) in [4.78, 5) is 51.7. The highest BCUT2D eigenvalue weighted by Gasteiger charge is 2.43. The lowest BCUT2D eigenvalue weighted by Gasteiger charge is -2.36. The fourth-order valence-electron chi connectivity index (χ4n) is 4.46. The van der Waals surface area contributed by atoms with Crippen molar-refractivity contribution < 1.29 is 23.9 Å². The number of ketones is 2. The summed E-state index contributed by atoms with van der Waals surface area (Å²) in [5.74, 6) is -0.728. The number of rotatable bonds is 6. The molecular formula is C26H25NO5S2. The SMILES string of the molecule is COC(=O)C1(NC(C)=O)CCc2cc(-c3ccc(C(C)=O)s3)c(-c3ccc(C(C)=O)s3)cc2C1. The second-order valence-corrected chi connectivity index (χ2v) is 10.7. The molecule has 0 aliphatic heterocycles. The van der Waals surface area contributed by atoms with Gasteiger partial charge in [-0.2, -0.15) is 0 Å². The molecule has 0 spiro atoms. The lowest BCUT2D eigenvalue weighted by atomic mass is 9.76. The number of nitrogens with one attached hydrogen (secondary N) is 1. The zero-order chi connectivity index (χ0) is 24.6. The van der Waals surface area contributed by atoms with Crippen molar-refractivity contribution in [1.82, 2.24) is 5.32 Å². The molecule has 176 valence electrons. The molecule has 6 nitrogen and oxygen atoms in total. The Bertz CT molecular complexity index is 1320. The van der Waals surface area contributed by atoms with E-state index in [0.29, 0.717) is 29.0 Å². The Morgan fingerprint density at radius 2 is 1.38 bits per heavy atom. The second kappa shape index (κ2) is 9.27. The van der Waals surface area contributed by atoms with Crippen molar-refractivity contribution in [2.24, 2.45) is 0 Å². The van der Waals surface area contributed by atoms with Crippen LogP contribution in [0, 0.1) is 0 Å². The second-order valence-electron chi connectivity index (χ2n) is 8.54. The third kappa shape index (κ3) is 4.48. The molecule has 2 heterocycles. The lowest BCUT2D eigenvalue weighted by Crippen LogP contribution is -2.57. The van der Waals surface area contributed by atoms with Crippen molar-refractivity contribution in [3.05, 3.63) is 57.3 Å². The standard InChI is InChI=1S/C26H25NO5S2/c1-14(28)21-5-7-23(33-21)19-11-17-9-10-26(25(31)32-4,27-16(3)30)13-18(17)12-20(19)24-8-6-22(34-24)15(2)29/h5-8,11-12H,9-10,13H2,1-4H3,(H,27,30). The van der Waals surface area contributed by atoms with Crippen LogP contribution < -0.4 is 5.32 Å². The lowest BCUT2D eigenvalue weighted by molar-refractivity contribution is -0.151. The molecule has 8 heteroatoms. The normalized spacial score (nSPS) is 17.1. The van der Waals surface area contributed by atoms with Gasteiger partial charge in [0.1, 0.15) is 5.54 Å². The Balaban J connectivity index is 1.87. The van der Waals surface area contributed by atoms with Gasteiger partial charge in [-0.05, 0) is 74.2 Å². The number of hydrogen-bond donors (Lipinski definition) is 1. The number of ether oxygens (including phenoxy) is 1. The zero-order valence-corrected chi connectivity index (χ0v) is 21.1. The summed E-state index contributed by atoms with van der Waals surface area (Å²) in [6.07, 6.45) is 1.34. The predicted molar refractivity (Wildman–Crippen MR) is 134 cm³/mol. The number of carbonyl (C=O) groups excluding carboxylic acids is 4. The molecule has 1 N–H and O–H groups in total. The number of Topliss-reactive ketones (excluding diaryl/α,β-unsaturated/α-hetero) is 2. The van der Waals surface area contributed by atoms with E-state index in [4.69, 9.17) is 4.74 Å². The van der Waals surface area contributed by atoms with Crippen molar-refractivity contribution >= 4 is 46.1 Å². The van der Waals surface area contributed by atoms with E-state index in [0.717, 1.165) is 32.0 Å². The molecule has 1 unspecified atom stereocenters.